The van der Waals surface area contributed by atoms with Crippen molar-refractivity contribution in [3.63, 3.8) is 0 Å². The number of carbonyl (C=O) groups excluding carboxylic acids is 1. The molecule has 0 aromatic carbocycles. The van der Waals surface area contributed by atoms with E-state index in [1.165, 1.54) is 161 Å². The molecule has 234 valence electrons. The summed E-state index contributed by atoms with van der Waals surface area (Å²) in [4.78, 5) is 13.9. The Morgan fingerprint density at radius 2 is 0.872 bits per heavy atom. The zero-order chi connectivity index (χ0) is 28.7. The predicted molar refractivity (Wildman–Crippen MR) is 174 cm³/mol. The van der Waals surface area contributed by atoms with E-state index in [0.29, 0.717) is 13.0 Å². The van der Waals surface area contributed by atoms with E-state index >= 15 is 0 Å². The molecule has 0 aliphatic carbocycles. The van der Waals surface area contributed by atoms with E-state index in [1.807, 2.05) is 14.1 Å². The van der Waals surface area contributed by atoms with E-state index in [-0.39, 0.29) is 5.97 Å². The van der Waals surface area contributed by atoms with Crippen molar-refractivity contribution in [2.75, 3.05) is 27.2 Å². The fourth-order valence-electron chi connectivity index (χ4n) is 5.78. The molecule has 0 aliphatic heterocycles. The zero-order valence-electron chi connectivity index (χ0n) is 27.6. The minimum absolute atomic E-state index is 0.0228. The van der Waals surface area contributed by atoms with Crippen LogP contribution in [0.15, 0.2) is 0 Å². The van der Waals surface area contributed by atoms with Crippen molar-refractivity contribution in [2.24, 2.45) is 5.92 Å². The van der Waals surface area contributed by atoms with Crippen molar-refractivity contribution in [3.8, 4) is 0 Å². The highest BCUT2D eigenvalue weighted by Gasteiger charge is 2.09. The Hall–Kier alpha value is -0.570. The van der Waals surface area contributed by atoms with Crippen molar-refractivity contribution < 1.29 is 9.53 Å². The summed E-state index contributed by atoms with van der Waals surface area (Å²) in [7, 11) is 4.08. The highest BCUT2D eigenvalue weighted by atomic mass is 16.5. The summed E-state index contributed by atoms with van der Waals surface area (Å²) in [5, 5.41) is 0. The Morgan fingerprint density at radius 1 is 0.513 bits per heavy atom. The number of hydrogen-bond acceptors (Lipinski definition) is 3. The van der Waals surface area contributed by atoms with E-state index < -0.39 is 0 Å². The second-order valence-electron chi connectivity index (χ2n) is 12.8. The third-order valence-electron chi connectivity index (χ3n) is 8.44. The Morgan fingerprint density at radius 3 is 1.26 bits per heavy atom. The van der Waals surface area contributed by atoms with Crippen LogP contribution in [-0.2, 0) is 9.53 Å². The highest BCUT2D eigenvalue weighted by molar-refractivity contribution is 5.69. The molecule has 0 N–H and O–H groups in total. The third kappa shape index (κ3) is 31.8. The number of rotatable bonds is 32. The van der Waals surface area contributed by atoms with Crippen LogP contribution in [0.5, 0.6) is 0 Å². The summed E-state index contributed by atoms with van der Waals surface area (Å²) in [5.74, 6) is 0.961. The van der Waals surface area contributed by atoms with Crippen LogP contribution in [0.25, 0.3) is 0 Å². The van der Waals surface area contributed by atoms with Gasteiger partial charge in [-0.15, -0.1) is 0 Å². The van der Waals surface area contributed by atoms with E-state index in [1.54, 1.807) is 0 Å². The molecule has 0 saturated heterocycles. The van der Waals surface area contributed by atoms with Gasteiger partial charge in [0.1, 0.15) is 0 Å². The van der Waals surface area contributed by atoms with Gasteiger partial charge in [0.15, 0.2) is 0 Å². The van der Waals surface area contributed by atoms with E-state index in [2.05, 4.69) is 18.7 Å². The molecule has 0 saturated carbocycles. The molecule has 0 heterocycles. The Balaban J connectivity index is 3.85. The first-order valence-corrected chi connectivity index (χ1v) is 17.9. The lowest BCUT2D eigenvalue weighted by Crippen LogP contribution is -2.15. The largest absolute Gasteiger partial charge is 0.466 e. The van der Waals surface area contributed by atoms with Gasteiger partial charge in [0, 0.05) is 6.42 Å². The summed E-state index contributed by atoms with van der Waals surface area (Å²) in [6.07, 6.45) is 38.0. The molecule has 0 amide bonds. The first-order valence-electron chi connectivity index (χ1n) is 17.9. The molecule has 0 spiro atoms. The van der Waals surface area contributed by atoms with Crippen molar-refractivity contribution in [2.45, 2.75) is 194 Å². The predicted octanol–water partition coefficient (Wildman–Crippen LogP) is 11.7. The Kier molecular flexibility index (Phi) is 31.5. The normalized spacial score (nSPS) is 11.6. The van der Waals surface area contributed by atoms with Crippen molar-refractivity contribution in [1.29, 1.82) is 0 Å². The fraction of sp³-hybridized carbons (Fsp3) is 0.972. The summed E-state index contributed by atoms with van der Waals surface area (Å²) in [6, 6.07) is 0. The molecule has 39 heavy (non-hydrogen) atoms. The van der Waals surface area contributed by atoms with Gasteiger partial charge in [-0.25, -0.2) is 0 Å². The van der Waals surface area contributed by atoms with Crippen LogP contribution in [0.2, 0.25) is 0 Å². The maximum atomic E-state index is 11.7. The lowest BCUT2D eigenvalue weighted by Gasteiger charge is -2.17. The van der Waals surface area contributed by atoms with Gasteiger partial charge in [-0.3, -0.25) is 4.79 Å². The van der Waals surface area contributed by atoms with Crippen LogP contribution in [0.1, 0.15) is 194 Å². The lowest BCUT2D eigenvalue weighted by molar-refractivity contribution is -0.143. The molecule has 0 aromatic rings. The molecule has 0 aromatic heterocycles. The first kappa shape index (κ1) is 38.4. The lowest BCUT2D eigenvalue weighted by atomic mass is 9.89. The van der Waals surface area contributed by atoms with Gasteiger partial charge in [0.05, 0.1) is 6.61 Å². The molecule has 3 heteroatoms. The maximum absolute atomic E-state index is 11.7. The molecule has 0 radical (unpaired) electrons. The second-order valence-corrected chi connectivity index (χ2v) is 12.8. The summed E-state index contributed by atoms with van der Waals surface area (Å²) < 4.78 is 5.38. The molecule has 3 nitrogen and oxygen atoms in total. The standard InChI is InChI=1S/C36H73NO2/c1-5-7-9-11-13-16-20-24-29-35(30-25-21-17-14-12-10-8-6-2)31-26-22-18-15-19-23-27-34-39-36(38)32-28-33-37(3)4/h35H,5-34H2,1-4H3. The average Bonchev–Trinajstić information content (AvgIpc) is 2.91. The van der Waals surface area contributed by atoms with Gasteiger partial charge >= 0.3 is 5.97 Å². The number of nitrogens with zero attached hydrogens (tertiary/aromatic N) is 1. The molecule has 0 bridgehead atoms. The number of ether oxygens (including phenoxy) is 1. The minimum atomic E-state index is -0.0228. The van der Waals surface area contributed by atoms with E-state index in [9.17, 15) is 4.79 Å². The second kappa shape index (κ2) is 32.0. The van der Waals surface area contributed by atoms with Crippen molar-refractivity contribution in [1.82, 2.24) is 4.90 Å². The summed E-state index contributed by atoms with van der Waals surface area (Å²) in [6.45, 7) is 6.18. The fourth-order valence-corrected chi connectivity index (χ4v) is 5.78. The Labute approximate surface area is 247 Å². The maximum Gasteiger partial charge on any atom is 0.305 e. The number of carbonyl (C=O) groups is 1. The average molecular weight is 552 g/mol. The van der Waals surface area contributed by atoms with Gasteiger partial charge in [-0.05, 0) is 39.4 Å². The topological polar surface area (TPSA) is 29.5 Å². The number of unbranched alkanes of at least 4 members (excludes halogenated alkanes) is 20. The SMILES string of the molecule is CCCCCCCCCCC(CCCCCCCCCC)CCCCCCCCCOC(=O)CCCN(C)C. The Bertz CT molecular complexity index is 459. The van der Waals surface area contributed by atoms with E-state index in [4.69, 9.17) is 4.74 Å². The summed E-state index contributed by atoms with van der Waals surface area (Å²) >= 11 is 0. The smallest absolute Gasteiger partial charge is 0.305 e. The third-order valence-corrected chi connectivity index (χ3v) is 8.44. The van der Waals surface area contributed by atoms with Gasteiger partial charge in [0.2, 0.25) is 0 Å². The van der Waals surface area contributed by atoms with Gasteiger partial charge in [-0.1, -0.05) is 174 Å². The van der Waals surface area contributed by atoms with Gasteiger partial charge < -0.3 is 9.64 Å². The van der Waals surface area contributed by atoms with Crippen LogP contribution >= 0.6 is 0 Å². The van der Waals surface area contributed by atoms with Crippen LogP contribution < -0.4 is 0 Å². The molecule has 0 rings (SSSR count). The summed E-state index contributed by atoms with van der Waals surface area (Å²) in [5.41, 5.74) is 0. The quantitative estimate of drug-likeness (QED) is 0.0615. The molecule has 0 atom stereocenters. The minimum Gasteiger partial charge on any atom is -0.466 e. The van der Waals surface area contributed by atoms with Gasteiger partial charge in [-0.2, -0.15) is 0 Å². The zero-order valence-corrected chi connectivity index (χ0v) is 27.6. The van der Waals surface area contributed by atoms with Crippen molar-refractivity contribution >= 4 is 5.97 Å². The van der Waals surface area contributed by atoms with Crippen LogP contribution in [-0.4, -0.2) is 38.1 Å². The van der Waals surface area contributed by atoms with Gasteiger partial charge in [0.25, 0.3) is 0 Å². The molecular formula is C36H73NO2. The molecule has 0 aliphatic rings. The highest BCUT2D eigenvalue weighted by Crippen LogP contribution is 2.25. The van der Waals surface area contributed by atoms with Crippen molar-refractivity contribution in [3.05, 3.63) is 0 Å². The first-order chi connectivity index (χ1) is 19.1. The molecular weight excluding hydrogens is 478 g/mol. The number of hydrogen-bond donors (Lipinski definition) is 0. The van der Waals surface area contributed by atoms with E-state index in [0.717, 1.165) is 25.3 Å². The molecule has 0 unspecified atom stereocenters. The monoisotopic (exact) mass is 552 g/mol. The molecule has 0 fully saturated rings. The van der Waals surface area contributed by atoms with Crippen LogP contribution in [0.3, 0.4) is 0 Å². The van der Waals surface area contributed by atoms with Crippen LogP contribution in [0.4, 0.5) is 0 Å². The number of esters is 1. The van der Waals surface area contributed by atoms with Crippen LogP contribution in [0, 0.1) is 5.92 Å².